The van der Waals surface area contributed by atoms with Crippen LogP contribution in [0.15, 0.2) is 5.16 Å². The van der Waals surface area contributed by atoms with E-state index in [9.17, 15) is 4.79 Å². The minimum Gasteiger partial charge on any atom is -0.409 e. The summed E-state index contributed by atoms with van der Waals surface area (Å²) < 4.78 is 0. The Labute approximate surface area is 103 Å². The molecule has 0 spiro atoms. The molecular formula is C12H23N3O2. The molecule has 0 bridgehead atoms. The van der Waals surface area contributed by atoms with E-state index < -0.39 is 5.41 Å². The summed E-state index contributed by atoms with van der Waals surface area (Å²) in [5.41, 5.74) is 4.66. The quantitative estimate of drug-likeness (QED) is 0.330. The largest absolute Gasteiger partial charge is 0.409 e. The average Bonchev–Trinajstić information content (AvgIpc) is 3.07. The zero-order valence-corrected chi connectivity index (χ0v) is 11.1. The maximum Gasteiger partial charge on any atom is 0.236 e. The van der Waals surface area contributed by atoms with Gasteiger partial charge >= 0.3 is 0 Å². The molecular weight excluding hydrogens is 218 g/mol. The first-order valence-corrected chi connectivity index (χ1v) is 6.09. The minimum absolute atomic E-state index is 0.0306. The molecule has 0 heterocycles. The van der Waals surface area contributed by atoms with Crippen molar-refractivity contribution in [2.45, 2.75) is 46.6 Å². The number of nitrogens with two attached hydrogens (primary N) is 1. The fraction of sp³-hybridized carbons (Fsp3) is 0.833. The fourth-order valence-electron chi connectivity index (χ4n) is 1.77. The summed E-state index contributed by atoms with van der Waals surface area (Å²) in [6.07, 6.45) is 2.12. The van der Waals surface area contributed by atoms with E-state index in [4.69, 9.17) is 10.9 Å². The number of amides is 1. The molecule has 1 fully saturated rings. The van der Waals surface area contributed by atoms with Crippen molar-refractivity contribution in [2.75, 3.05) is 6.54 Å². The minimum atomic E-state index is -0.938. The lowest BCUT2D eigenvalue weighted by Gasteiger charge is -2.32. The first kappa shape index (κ1) is 13.8. The van der Waals surface area contributed by atoms with E-state index in [-0.39, 0.29) is 11.7 Å². The van der Waals surface area contributed by atoms with Crippen molar-refractivity contribution >= 4 is 11.7 Å². The molecule has 0 atom stereocenters. The molecule has 0 unspecified atom stereocenters. The third-order valence-corrected chi connectivity index (χ3v) is 3.09. The van der Waals surface area contributed by atoms with Crippen LogP contribution in [-0.2, 0) is 4.79 Å². The van der Waals surface area contributed by atoms with Gasteiger partial charge in [0.25, 0.3) is 0 Å². The van der Waals surface area contributed by atoms with Gasteiger partial charge in [-0.2, -0.15) is 0 Å². The number of oxime groups is 1. The SMILES string of the molecule is CC(C)CN(C(=O)C(C)(C)C(N)=NO)C1CC1. The summed E-state index contributed by atoms with van der Waals surface area (Å²) in [5.74, 6) is 0.337. The highest BCUT2D eigenvalue weighted by atomic mass is 16.4. The standard InChI is InChI=1S/C12H23N3O2/c1-8(2)7-15(9-5-6-9)11(16)12(3,4)10(13)14-17/h8-9,17H,5-7H2,1-4H3,(H2,13,14). The lowest BCUT2D eigenvalue weighted by molar-refractivity contribution is -0.138. The van der Waals surface area contributed by atoms with Crippen LogP contribution in [0.4, 0.5) is 0 Å². The van der Waals surface area contributed by atoms with Crippen molar-refractivity contribution in [3.8, 4) is 0 Å². The highest BCUT2D eigenvalue weighted by Gasteiger charge is 2.42. The Kier molecular flexibility index (Phi) is 4.01. The first-order valence-electron chi connectivity index (χ1n) is 6.09. The molecule has 0 saturated heterocycles. The van der Waals surface area contributed by atoms with Crippen LogP contribution in [0.5, 0.6) is 0 Å². The molecule has 1 saturated carbocycles. The maximum atomic E-state index is 12.4. The van der Waals surface area contributed by atoms with E-state index in [1.54, 1.807) is 13.8 Å². The molecule has 3 N–H and O–H groups in total. The number of carbonyl (C=O) groups is 1. The second kappa shape index (κ2) is 4.94. The van der Waals surface area contributed by atoms with E-state index in [0.29, 0.717) is 12.0 Å². The van der Waals surface area contributed by atoms with Crippen molar-refractivity contribution in [3.63, 3.8) is 0 Å². The van der Waals surface area contributed by atoms with E-state index in [1.807, 2.05) is 4.90 Å². The fourth-order valence-corrected chi connectivity index (χ4v) is 1.77. The molecule has 5 heteroatoms. The summed E-state index contributed by atoms with van der Waals surface area (Å²) in [7, 11) is 0. The summed E-state index contributed by atoms with van der Waals surface area (Å²) in [4.78, 5) is 14.3. The maximum absolute atomic E-state index is 12.4. The molecule has 0 radical (unpaired) electrons. The Balaban J connectivity index is 2.84. The predicted molar refractivity (Wildman–Crippen MR) is 66.8 cm³/mol. The normalized spacial score (nSPS) is 17.4. The second-order valence-corrected chi connectivity index (χ2v) is 5.69. The van der Waals surface area contributed by atoms with Crippen LogP contribution in [0.2, 0.25) is 0 Å². The van der Waals surface area contributed by atoms with Gasteiger partial charge in [0.15, 0.2) is 5.84 Å². The summed E-state index contributed by atoms with van der Waals surface area (Å²) in [5, 5.41) is 11.7. The molecule has 1 rings (SSSR count). The number of nitrogens with zero attached hydrogens (tertiary/aromatic N) is 2. The van der Waals surface area contributed by atoms with Gasteiger partial charge in [-0.05, 0) is 32.6 Å². The lowest BCUT2D eigenvalue weighted by atomic mass is 9.89. The molecule has 0 aromatic carbocycles. The molecule has 98 valence electrons. The van der Waals surface area contributed by atoms with Crippen LogP contribution >= 0.6 is 0 Å². The molecule has 0 aliphatic heterocycles. The van der Waals surface area contributed by atoms with Crippen LogP contribution in [0.3, 0.4) is 0 Å². The predicted octanol–water partition coefficient (Wildman–Crippen LogP) is 1.41. The van der Waals surface area contributed by atoms with Gasteiger partial charge in [-0.3, -0.25) is 4.79 Å². The van der Waals surface area contributed by atoms with Gasteiger partial charge in [0.05, 0.1) is 0 Å². The Hall–Kier alpha value is -1.26. The van der Waals surface area contributed by atoms with Crippen molar-refractivity contribution in [1.29, 1.82) is 0 Å². The van der Waals surface area contributed by atoms with Gasteiger partial charge in [-0.1, -0.05) is 19.0 Å². The second-order valence-electron chi connectivity index (χ2n) is 5.69. The molecule has 17 heavy (non-hydrogen) atoms. The lowest BCUT2D eigenvalue weighted by Crippen LogP contribution is -2.49. The number of amidine groups is 1. The van der Waals surface area contributed by atoms with E-state index >= 15 is 0 Å². The van der Waals surface area contributed by atoms with Crippen molar-refractivity contribution in [1.82, 2.24) is 4.90 Å². The Morgan fingerprint density at radius 2 is 2.06 bits per heavy atom. The monoisotopic (exact) mass is 241 g/mol. The molecule has 1 aliphatic rings. The molecule has 5 nitrogen and oxygen atoms in total. The van der Waals surface area contributed by atoms with Crippen LogP contribution < -0.4 is 5.73 Å². The van der Waals surface area contributed by atoms with E-state index in [2.05, 4.69) is 19.0 Å². The Morgan fingerprint density at radius 3 is 2.41 bits per heavy atom. The Bertz CT molecular complexity index is 320. The van der Waals surface area contributed by atoms with Gasteiger partial charge in [0.2, 0.25) is 5.91 Å². The van der Waals surface area contributed by atoms with Crippen LogP contribution in [0, 0.1) is 11.3 Å². The van der Waals surface area contributed by atoms with Crippen molar-refractivity contribution < 1.29 is 10.0 Å². The van der Waals surface area contributed by atoms with Gasteiger partial charge in [-0.15, -0.1) is 0 Å². The highest BCUT2D eigenvalue weighted by Crippen LogP contribution is 2.31. The van der Waals surface area contributed by atoms with E-state index in [1.165, 1.54) is 0 Å². The first-order chi connectivity index (χ1) is 7.80. The number of hydrogen-bond acceptors (Lipinski definition) is 3. The van der Waals surface area contributed by atoms with Gasteiger partial charge in [0.1, 0.15) is 5.41 Å². The Morgan fingerprint density at radius 1 is 1.53 bits per heavy atom. The molecule has 0 aromatic rings. The van der Waals surface area contributed by atoms with Gasteiger partial charge in [0, 0.05) is 12.6 Å². The summed E-state index contributed by atoms with van der Waals surface area (Å²) in [6.45, 7) is 8.28. The van der Waals surface area contributed by atoms with Crippen molar-refractivity contribution in [3.05, 3.63) is 0 Å². The van der Waals surface area contributed by atoms with Crippen LogP contribution in [-0.4, -0.2) is 34.4 Å². The molecule has 1 amide bonds. The third-order valence-electron chi connectivity index (χ3n) is 3.09. The number of hydrogen-bond donors (Lipinski definition) is 2. The molecule has 1 aliphatic carbocycles. The smallest absolute Gasteiger partial charge is 0.236 e. The number of carbonyl (C=O) groups excluding carboxylic acids is 1. The van der Waals surface area contributed by atoms with Crippen LogP contribution in [0.25, 0.3) is 0 Å². The zero-order valence-electron chi connectivity index (χ0n) is 11.1. The highest BCUT2D eigenvalue weighted by molar-refractivity contribution is 6.06. The summed E-state index contributed by atoms with van der Waals surface area (Å²) >= 11 is 0. The number of rotatable bonds is 5. The average molecular weight is 241 g/mol. The van der Waals surface area contributed by atoms with Gasteiger partial charge in [-0.25, -0.2) is 0 Å². The summed E-state index contributed by atoms with van der Waals surface area (Å²) in [6, 6.07) is 0.343. The van der Waals surface area contributed by atoms with Gasteiger partial charge < -0.3 is 15.8 Å². The molecule has 0 aromatic heterocycles. The topological polar surface area (TPSA) is 78.9 Å². The third kappa shape index (κ3) is 3.11. The zero-order chi connectivity index (χ0) is 13.2. The van der Waals surface area contributed by atoms with Crippen LogP contribution in [0.1, 0.15) is 40.5 Å². The van der Waals surface area contributed by atoms with Crippen molar-refractivity contribution in [2.24, 2.45) is 22.2 Å². The van der Waals surface area contributed by atoms with E-state index in [0.717, 1.165) is 19.4 Å².